The lowest BCUT2D eigenvalue weighted by atomic mass is 9.90. The Bertz CT molecular complexity index is 404. The molecule has 1 saturated heterocycles. The smallest absolute Gasteiger partial charge is 0.303 e. The molecule has 22 heavy (non-hydrogen) atoms. The van der Waals surface area contributed by atoms with E-state index in [0.717, 1.165) is 30.8 Å². The third kappa shape index (κ3) is 7.09. The van der Waals surface area contributed by atoms with Gasteiger partial charge in [-0.1, -0.05) is 26.3 Å². The number of hydrogen-bond acceptors (Lipinski definition) is 4. The molecule has 2 heterocycles. The second-order valence-electron chi connectivity index (χ2n) is 5.45. The van der Waals surface area contributed by atoms with Crippen LogP contribution in [-0.2, 0) is 10.4 Å². The number of piperidine rings is 1. The molecule has 1 fully saturated rings. The Morgan fingerprint density at radius 2 is 1.95 bits per heavy atom. The summed E-state index contributed by atoms with van der Waals surface area (Å²) in [5.74, 6) is -0.745. The molecule has 0 amide bonds. The van der Waals surface area contributed by atoms with Gasteiger partial charge in [-0.25, -0.2) is 0 Å². The van der Waals surface area contributed by atoms with E-state index >= 15 is 0 Å². The fourth-order valence-corrected chi connectivity index (χ4v) is 3.20. The third-order valence-electron chi connectivity index (χ3n) is 3.79. The van der Waals surface area contributed by atoms with Gasteiger partial charge in [0.05, 0.1) is 0 Å². The van der Waals surface area contributed by atoms with E-state index < -0.39 is 11.6 Å². The Morgan fingerprint density at radius 3 is 2.36 bits per heavy atom. The van der Waals surface area contributed by atoms with Crippen LogP contribution in [0.25, 0.3) is 0 Å². The Labute approximate surface area is 143 Å². The van der Waals surface area contributed by atoms with Crippen molar-refractivity contribution in [1.82, 2.24) is 4.90 Å². The average Bonchev–Trinajstić information content (AvgIpc) is 3.02. The number of thiophene rings is 1. The van der Waals surface area contributed by atoms with Crippen molar-refractivity contribution in [2.24, 2.45) is 0 Å². The van der Waals surface area contributed by atoms with E-state index in [4.69, 9.17) is 5.11 Å². The number of carboxylic acid groups (broad SMARTS) is 1. The van der Waals surface area contributed by atoms with Gasteiger partial charge in [0.15, 0.2) is 0 Å². The second kappa shape index (κ2) is 11.0. The minimum absolute atomic E-state index is 0. The maximum atomic E-state index is 10.6. The number of carbonyl (C=O) groups is 1. The Kier molecular flexibility index (Phi) is 10.7. The average molecular weight is 350 g/mol. The van der Waals surface area contributed by atoms with Crippen LogP contribution in [0.5, 0.6) is 0 Å². The van der Waals surface area contributed by atoms with Crippen molar-refractivity contribution in [3.8, 4) is 0 Å². The molecule has 1 aliphatic rings. The van der Waals surface area contributed by atoms with E-state index in [2.05, 4.69) is 23.3 Å². The first-order chi connectivity index (χ1) is 10.0. The highest BCUT2D eigenvalue weighted by molar-refractivity contribution is 7.10. The summed E-state index contributed by atoms with van der Waals surface area (Å²) in [6.07, 6.45) is 4.53. The van der Waals surface area contributed by atoms with Crippen LogP contribution in [-0.4, -0.2) is 40.7 Å². The van der Waals surface area contributed by atoms with E-state index in [1.165, 1.54) is 19.4 Å². The summed E-state index contributed by atoms with van der Waals surface area (Å²) in [7, 11) is 0. The summed E-state index contributed by atoms with van der Waals surface area (Å²) in [6, 6.07) is 4.09. The molecule has 0 saturated carbocycles. The highest BCUT2D eigenvalue weighted by atomic mass is 35.5. The van der Waals surface area contributed by atoms with Gasteiger partial charge in [-0.3, -0.25) is 4.79 Å². The van der Waals surface area contributed by atoms with E-state index in [0.29, 0.717) is 0 Å². The number of unbranched alkanes of at least 4 members (excludes halogenated alkanes) is 1. The van der Waals surface area contributed by atoms with Gasteiger partial charge in [0.2, 0.25) is 0 Å². The van der Waals surface area contributed by atoms with Crippen LogP contribution in [0.15, 0.2) is 17.5 Å². The van der Waals surface area contributed by atoms with Crippen molar-refractivity contribution in [2.75, 3.05) is 19.6 Å². The lowest BCUT2D eigenvalue weighted by Crippen LogP contribution is -2.42. The van der Waals surface area contributed by atoms with Crippen molar-refractivity contribution < 1.29 is 15.0 Å². The van der Waals surface area contributed by atoms with E-state index in [1.807, 2.05) is 6.07 Å². The van der Waals surface area contributed by atoms with Crippen molar-refractivity contribution in [3.63, 3.8) is 0 Å². The first-order valence-electron chi connectivity index (χ1n) is 7.72. The van der Waals surface area contributed by atoms with Crippen molar-refractivity contribution in [1.29, 1.82) is 0 Å². The minimum atomic E-state index is -0.745. The van der Waals surface area contributed by atoms with Gasteiger partial charge in [0.25, 0.3) is 0 Å². The Hall–Kier alpha value is -0.620. The standard InChI is InChI=1S/C13H21NOS.C3H6O2.ClH/c1-2-3-8-14-9-6-13(15,7-10-14)12-5-4-11-16-12;1-2-3(4)5;/h4-5,11,15H,2-3,6-10H2,1H3;2H2,1H3,(H,4,5);1H. The number of carboxylic acids is 1. The topological polar surface area (TPSA) is 60.8 Å². The molecule has 2 rings (SSSR count). The van der Waals surface area contributed by atoms with Crippen LogP contribution < -0.4 is 0 Å². The van der Waals surface area contributed by atoms with Crippen LogP contribution in [0, 0.1) is 0 Å². The summed E-state index contributed by atoms with van der Waals surface area (Å²) in [5, 5.41) is 20.3. The van der Waals surface area contributed by atoms with Gasteiger partial charge >= 0.3 is 5.97 Å². The maximum Gasteiger partial charge on any atom is 0.303 e. The van der Waals surface area contributed by atoms with E-state index in [1.54, 1.807) is 18.3 Å². The first-order valence-corrected chi connectivity index (χ1v) is 8.60. The van der Waals surface area contributed by atoms with Crippen LogP contribution in [0.3, 0.4) is 0 Å². The highest BCUT2D eigenvalue weighted by Crippen LogP contribution is 2.35. The zero-order chi connectivity index (χ0) is 15.7. The SMILES string of the molecule is CCC(=O)O.CCCCN1CCC(O)(c2cccs2)CC1.Cl. The van der Waals surface area contributed by atoms with Crippen LogP contribution in [0.4, 0.5) is 0 Å². The zero-order valence-electron chi connectivity index (χ0n) is 13.5. The fraction of sp³-hybridized carbons (Fsp3) is 0.688. The molecule has 0 radical (unpaired) electrons. The highest BCUT2D eigenvalue weighted by Gasteiger charge is 2.34. The fourth-order valence-electron chi connectivity index (χ4n) is 2.32. The van der Waals surface area contributed by atoms with Gasteiger partial charge < -0.3 is 15.1 Å². The first kappa shape index (κ1) is 21.4. The molecule has 0 aromatic carbocycles. The third-order valence-corrected chi connectivity index (χ3v) is 4.86. The number of halogens is 1. The predicted octanol–water partition coefficient (Wildman–Crippen LogP) is 3.73. The molecule has 128 valence electrons. The van der Waals surface area contributed by atoms with E-state index in [9.17, 15) is 9.90 Å². The van der Waals surface area contributed by atoms with Crippen LogP contribution in [0.1, 0.15) is 50.8 Å². The molecule has 0 spiro atoms. The molecule has 6 heteroatoms. The quantitative estimate of drug-likeness (QED) is 0.850. The molecule has 4 nitrogen and oxygen atoms in total. The lowest BCUT2D eigenvalue weighted by molar-refractivity contribution is -0.136. The van der Waals surface area contributed by atoms with Crippen molar-refractivity contribution in [2.45, 2.75) is 51.6 Å². The second-order valence-corrected chi connectivity index (χ2v) is 6.40. The normalized spacial score (nSPS) is 17.0. The number of aliphatic hydroxyl groups is 1. The summed E-state index contributed by atoms with van der Waals surface area (Å²) in [5.41, 5.74) is -0.545. The molecular formula is C16H28ClNO3S. The number of likely N-dealkylation sites (tertiary alicyclic amines) is 1. The molecule has 0 atom stereocenters. The molecule has 2 N–H and O–H groups in total. The minimum Gasteiger partial charge on any atom is -0.481 e. The molecule has 1 aliphatic heterocycles. The molecule has 0 unspecified atom stereocenters. The Morgan fingerprint density at radius 1 is 1.36 bits per heavy atom. The molecule has 0 aliphatic carbocycles. The summed E-state index contributed by atoms with van der Waals surface area (Å²) in [6.45, 7) is 7.09. The molecule has 0 bridgehead atoms. The van der Waals surface area contributed by atoms with Crippen molar-refractivity contribution >= 4 is 29.7 Å². The number of rotatable bonds is 5. The van der Waals surface area contributed by atoms with Gasteiger partial charge in [0.1, 0.15) is 5.60 Å². The van der Waals surface area contributed by atoms with Gasteiger partial charge in [0, 0.05) is 24.4 Å². The van der Waals surface area contributed by atoms with Crippen LogP contribution in [0.2, 0.25) is 0 Å². The largest absolute Gasteiger partial charge is 0.481 e. The predicted molar refractivity (Wildman–Crippen MR) is 94.0 cm³/mol. The zero-order valence-corrected chi connectivity index (χ0v) is 15.1. The number of aliphatic carboxylic acids is 1. The lowest BCUT2D eigenvalue weighted by Gasteiger charge is -2.37. The Balaban J connectivity index is 0.000000644. The molecule has 1 aromatic rings. The van der Waals surface area contributed by atoms with Crippen molar-refractivity contribution in [3.05, 3.63) is 22.4 Å². The molecular weight excluding hydrogens is 322 g/mol. The number of hydrogen-bond donors (Lipinski definition) is 2. The molecule has 1 aromatic heterocycles. The summed E-state index contributed by atoms with van der Waals surface area (Å²) in [4.78, 5) is 13.0. The number of nitrogens with zero attached hydrogens (tertiary/aromatic N) is 1. The summed E-state index contributed by atoms with van der Waals surface area (Å²) < 4.78 is 0. The van der Waals surface area contributed by atoms with Gasteiger partial charge in [-0.15, -0.1) is 23.7 Å². The monoisotopic (exact) mass is 349 g/mol. The van der Waals surface area contributed by atoms with Gasteiger partial charge in [-0.05, 0) is 37.3 Å². The van der Waals surface area contributed by atoms with Gasteiger partial charge in [-0.2, -0.15) is 0 Å². The maximum absolute atomic E-state index is 10.6. The summed E-state index contributed by atoms with van der Waals surface area (Å²) >= 11 is 1.68. The van der Waals surface area contributed by atoms with Crippen LogP contribution >= 0.6 is 23.7 Å². The van der Waals surface area contributed by atoms with E-state index in [-0.39, 0.29) is 18.8 Å².